The fourth-order valence-corrected chi connectivity index (χ4v) is 6.57. The molecule has 3 fully saturated rings. The molecular formula is C30H43NO6S. The Hall–Kier alpha value is -1.92. The van der Waals surface area contributed by atoms with Gasteiger partial charge < -0.3 is 24.2 Å². The first kappa shape index (κ1) is 29.1. The van der Waals surface area contributed by atoms with Crippen LogP contribution in [0.3, 0.4) is 0 Å². The number of carbonyl (C=O) groups is 2. The summed E-state index contributed by atoms with van der Waals surface area (Å²) < 4.78 is 16.7. The third-order valence-electron chi connectivity index (χ3n) is 7.88. The van der Waals surface area contributed by atoms with Crippen molar-refractivity contribution in [1.82, 2.24) is 0 Å². The minimum Gasteiger partial charge on any atom is -0.465 e. The van der Waals surface area contributed by atoms with Gasteiger partial charge in [-0.15, -0.1) is 11.3 Å². The van der Waals surface area contributed by atoms with Gasteiger partial charge in [-0.05, 0) is 84.1 Å². The number of methoxy groups -OCH3 is 1. The van der Waals surface area contributed by atoms with Crippen LogP contribution in [-0.4, -0.2) is 61.7 Å². The van der Waals surface area contributed by atoms with E-state index in [2.05, 4.69) is 18.8 Å². The topological polar surface area (TPSA) is 85.3 Å². The summed E-state index contributed by atoms with van der Waals surface area (Å²) in [5.41, 5.74) is 0.452. The molecule has 0 radical (unpaired) electrons. The molecule has 2 saturated carbocycles. The molecule has 2 atom stereocenters. The summed E-state index contributed by atoms with van der Waals surface area (Å²) in [5, 5.41) is 10.1. The molecule has 38 heavy (non-hydrogen) atoms. The smallest absolute Gasteiger partial charge is 0.350 e. The lowest BCUT2D eigenvalue weighted by atomic mass is 9.81. The van der Waals surface area contributed by atoms with Crippen LogP contribution in [0.15, 0.2) is 6.07 Å². The number of ether oxygens (including phenoxy) is 3. The van der Waals surface area contributed by atoms with E-state index in [0.29, 0.717) is 29.7 Å². The van der Waals surface area contributed by atoms with Gasteiger partial charge >= 0.3 is 5.97 Å². The Kier molecular flexibility index (Phi) is 9.57. The zero-order chi connectivity index (χ0) is 27.4. The van der Waals surface area contributed by atoms with Gasteiger partial charge in [0, 0.05) is 17.4 Å². The van der Waals surface area contributed by atoms with Crippen molar-refractivity contribution in [2.24, 2.45) is 17.3 Å². The van der Waals surface area contributed by atoms with Crippen molar-refractivity contribution in [2.75, 3.05) is 25.2 Å². The highest BCUT2D eigenvalue weighted by molar-refractivity contribution is 7.15. The number of rotatable bonds is 6. The van der Waals surface area contributed by atoms with Crippen LogP contribution in [0.5, 0.6) is 0 Å². The average Bonchev–Trinajstić information content (AvgIpc) is 3.49. The Bertz CT molecular complexity index is 1030. The number of nitrogens with zero attached hydrogens (tertiary/aromatic N) is 1. The molecule has 1 aromatic rings. The number of anilines is 1. The summed E-state index contributed by atoms with van der Waals surface area (Å²) in [5.74, 6) is 6.75. The molecule has 0 aromatic carbocycles. The second kappa shape index (κ2) is 12.5. The second-order valence-corrected chi connectivity index (χ2v) is 13.2. The lowest BCUT2D eigenvalue weighted by Gasteiger charge is -2.40. The number of amides is 1. The molecule has 1 amide bonds. The number of thiophene rings is 1. The Morgan fingerprint density at radius 2 is 1.76 bits per heavy atom. The molecular weight excluding hydrogens is 502 g/mol. The zero-order valence-corrected chi connectivity index (χ0v) is 24.3. The fraction of sp³-hybridized carbons (Fsp3) is 0.733. The summed E-state index contributed by atoms with van der Waals surface area (Å²) in [7, 11) is 1.38. The third kappa shape index (κ3) is 7.18. The normalized spacial score (nSPS) is 29.8. The standard InChI is InChI=1S/C30H43NO6S/c1-19-6-8-20(9-7-19)28(33)31(21-10-12-22(13-11-21)37-26-18-36-17-25(26)32)24-16-23(14-15-30(2,3)4)38-27(24)29(34)35-5/h16,19-22,25-26,32H,6-13,17-18H2,1-5H3. The number of carbonyl (C=O) groups excluding carboxylic acids is 2. The quantitative estimate of drug-likeness (QED) is 0.392. The molecule has 0 bridgehead atoms. The van der Waals surface area contributed by atoms with Crippen LogP contribution in [0, 0.1) is 29.1 Å². The monoisotopic (exact) mass is 545 g/mol. The number of hydrogen-bond acceptors (Lipinski definition) is 7. The van der Waals surface area contributed by atoms with Crippen molar-refractivity contribution >= 4 is 28.9 Å². The van der Waals surface area contributed by atoms with Crippen LogP contribution in [0.25, 0.3) is 0 Å². The van der Waals surface area contributed by atoms with E-state index in [-0.39, 0.29) is 35.5 Å². The van der Waals surface area contributed by atoms with E-state index in [0.717, 1.165) is 56.2 Å². The van der Waals surface area contributed by atoms with E-state index in [9.17, 15) is 14.7 Å². The maximum atomic E-state index is 14.2. The minimum absolute atomic E-state index is 0.0239. The molecule has 210 valence electrons. The molecule has 3 aliphatic rings. The van der Waals surface area contributed by atoms with Crippen LogP contribution in [0.2, 0.25) is 0 Å². The van der Waals surface area contributed by atoms with Gasteiger partial charge in [0.15, 0.2) is 0 Å². The highest BCUT2D eigenvalue weighted by Gasteiger charge is 2.39. The van der Waals surface area contributed by atoms with Gasteiger partial charge in [0.25, 0.3) is 0 Å². The first-order valence-corrected chi connectivity index (χ1v) is 14.9. The van der Waals surface area contributed by atoms with Gasteiger partial charge in [-0.2, -0.15) is 0 Å². The van der Waals surface area contributed by atoms with E-state index in [4.69, 9.17) is 14.2 Å². The summed E-state index contributed by atoms with van der Waals surface area (Å²) in [6, 6.07) is 1.88. The Morgan fingerprint density at radius 3 is 2.34 bits per heavy atom. The molecule has 1 N–H and O–H groups in total. The molecule has 1 aromatic heterocycles. The molecule has 0 spiro atoms. The predicted molar refractivity (Wildman–Crippen MR) is 148 cm³/mol. The van der Waals surface area contributed by atoms with E-state index < -0.39 is 12.1 Å². The molecule has 8 heteroatoms. The van der Waals surface area contributed by atoms with Crippen molar-refractivity contribution in [3.05, 3.63) is 15.8 Å². The van der Waals surface area contributed by atoms with Crippen LogP contribution in [0.1, 0.15) is 93.6 Å². The summed E-state index contributed by atoms with van der Waals surface area (Å²) in [4.78, 5) is 30.2. The highest BCUT2D eigenvalue weighted by Crippen LogP contribution is 2.39. The van der Waals surface area contributed by atoms with Crippen molar-refractivity contribution in [3.63, 3.8) is 0 Å². The first-order chi connectivity index (χ1) is 18.1. The van der Waals surface area contributed by atoms with Crippen LogP contribution >= 0.6 is 11.3 Å². The Morgan fingerprint density at radius 1 is 1.08 bits per heavy atom. The summed E-state index contributed by atoms with van der Waals surface area (Å²) >= 11 is 1.30. The van der Waals surface area contributed by atoms with Crippen LogP contribution in [-0.2, 0) is 19.0 Å². The highest BCUT2D eigenvalue weighted by atomic mass is 32.1. The lowest BCUT2D eigenvalue weighted by Crippen LogP contribution is -2.47. The Balaban J connectivity index is 1.61. The van der Waals surface area contributed by atoms with Crippen molar-refractivity contribution < 1.29 is 28.9 Å². The van der Waals surface area contributed by atoms with Gasteiger partial charge in [0.1, 0.15) is 17.1 Å². The molecule has 2 aliphatic carbocycles. The van der Waals surface area contributed by atoms with Crippen LogP contribution in [0.4, 0.5) is 5.69 Å². The summed E-state index contributed by atoms with van der Waals surface area (Å²) in [6.07, 6.45) is 6.11. The maximum absolute atomic E-state index is 14.2. The van der Waals surface area contributed by atoms with Gasteiger partial charge in [0.05, 0.1) is 37.0 Å². The average molecular weight is 546 g/mol. The lowest BCUT2D eigenvalue weighted by molar-refractivity contribution is -0.124. The molecule has 7 nitrogen and oxygen atoms in total. The minimum atomic E-state index is -0.583. The summed E-state index contributed by atoms with van der Waals surface area (Å²) in [6.45, 7) is 9.13. The maximum Gasteiger partial charge on any atom is 0.350 e. The van der Waals surface area contributed by atoms with E-state index >= 15 is 0 Å². The Labute approximate surface area is 231 Å². The molecule has 1 aliphatic heterocycles. The number of aliphatic hydroxyl groups is 1. The second-order valence-electron chi connectivity index (χ2n) is 12.2. The molecule has 2 heterocycles. The largest absolute Gasteiger partial charge is 0.465 e. The SMILES string of the molecule is COC(=O)c1sc(C#CC(C)(C)C)cc1N(C(=O)C1CCC(C)CC1)C1CCC(OC2COCC2O)CC1. The number of hydrogen-bond donors (Lipinski definition) is 1. The first-order valence-electron chi connectivity index (χ1n) is 14.1. The van der Waals surface area contributed by atoms with Gasteiger partial charge in [-0.25, -0.2) is 4.79 Å². The van der Waals surface area contributed by atoms with E-state index in [1.54, 1.807) is 0 Å². The predicted octanol–water partition coefficient (Wildman–Crippen LogP) is 5.18. The van der Waals surface area contributed by atoms with E-state index in [1.165, 1.54) is 18.4 Å². The number of aliphatic hydroxyl groups excluding tert-OH is 1. The molecule has 4 rings (SSSR count). The van der Waals surface area contributed by atoms with E-state index in [1.807, 2.05) is 31.7 Å². The molecule has 2 unspecified atom stereocenters. The van der Waals surface area contributed by atoms with Crippen LogP contribution < -0.4 is 4.90 Å². The zero-order valence-electron chi connectivity index (χ0n) is 23.5. The fourth-order valence-electron chi connectivity index (χ4n) is 5.65. The van der Waals surface area contributed by atoms with Crippen molar-refractivity contribution in [1.29, 1.82) is 0 Å². The van der Waals surface area contributed by atoms with Crippen molar-refractivity contribution in [3.8, 4) is 11.8 Å². The number of esters is 1. The van der Waals surface area contributed by atoms with Gasteiger partial charge in [-0.3, -0.25) is 4.79 Å². The third-order valence-corrected chi connectivity index (χ3v) is 8.90. The molecule has 1 saturated heterocycles. The van der Waals surface area contributed by atoms with Crippen molar-refractivity contribution in [2.45, 2.75) is 103 Å². The van der Waals surface area contributed by atoms with Gasteiger partial charge in [-0.1, -0.05) is 18.8 Å². The van der Waals surface area contributed by atoms with Gasteiger partial charge in [0.2, 0.25) is 5.91 Å².